The molecule has 8 heteroatoms. The predicted molar refractivity (Wildman–Crippen MR) is 116 cm³/mol. The average molecular weight is 442 g/mol. The molecule has 2 heterocycles. The van der Waals surface area contributed by atoms with E-state index in [4.69, 9.17) is 16.3 Å². The highest BCUT2D eigenvalue weighted by atomic mass is 35.5. The van der Waals surface area contributed by atoms with Crippen molar-refractivity contribution in [2.75, 3.05) is 20.2 Å². The Hall–Kier alpha value is -3.06. The van der Waals surface area contributed by atoms with E-state index in [1.165, 1.54) is 0 Å². The standard InChI is InChI=1S/C23H24ClN3O4/c1-23(16-7-11-18(31-2)12-8-16)21(29)27(22(30)25-23)14-20(28)26-13-3-4-19(26)15-5-9-17(24)10-6-15/h5-12,19H,3-4,13-14H2,1-2H3,(H,25,30). The maximum atomic E-state index is 13.2. The number of hydrogen-bond donors (Lipinski definition) is 1. The van der Waals surface area contributed by atoms with Crippen LogP contribution in [0, 0.1) is 0 Å². The highest BCUT2D eigenvalue weighted by Crippen LogP contribution is 2.34. The molecule has 2 fully saturated rings. The molecule has 162 valence electrons. The summed E-state index contributed by atoms with van der Waals surface area (Å²) in [6.45, 7) is 1.94. The van der Waals surface area contributed by atoms with Crippen LogP contribution < -0.4 is 10.1 Å². The molecule has 7 nitrogen and oxygen atoms in total. The minimum Gasteiger partial charge on any atom is -0.497 e. The molecule has 2 aliphatic rings. The number of carbonyl (C=O) groups is 3. The monoisotopic (exact) mass is 441 g/mol. The third-order valence-electron chi connectivity index (χ3n) is 6.06. The van der Waals surface area contributed by atoms with Crippen LogP contribution in [0.1, 0.15) is 36.9 Å². The van der Waals surface area contributed by atoms with Gasteiger partial charge in [0.1, 0.15) is 17.8 Å². The first-order valence-corrected chi connectivity index (χ1v) is 10.5. The van der Waals surface area contributed by atoms with Crippen molar-refractivity contribution in [3.8, 4) is 5.75 Å². The largest absolute Gasteiger partial charge is 0.497 e. The van der Waals surface area contributed by atoms with Gasteiger partial charge < -0.3 is 15.0 Å². The summed E-state index contributed by atoms with van der Waals surface area (Å²) in [6.07, 6.45) is 1.69. The number of hydrogen-bond acceptors (Lipinski definition) is 4. The zero-order chi connectivity index (χ0) is 22.2. The Morgan fingerprint density at radius 3 is 2.48 bits per heavy atom. The molecule has 0 radical (unpaired) electrons. The molecule has 0 saturated carbocycles. The van der Waals surface area contributed by atoms with Gasteiger partial charge in [0, 0.05) is 11.6 Å². The van der Waals surface area contributed by atoms with Gasteiger partial charge in [-0.1, -0.05) is 35.9 Å². The lowest BCUT2D eigenvalue weighted by Crippen LogP contribution is -2.44. The van der Waals surface area contributed by atoms with Crippen LogP contribution in [-0.4, -0.2) is 47.8 Å². The maximum absolute atomic E-state index is 13.2. The van der Waals surface area contributed by atoms with Crippen LogP contribution in [0.2, 0.25) is 5.02 Å². The summed E-state index contributed by atoms with van der Waals surface area (Å²) < 4.78 is 5.16. The molecule has 2 saturated heterocycles. The lowest BCUT2D eigenvalue weighted by atomic mass is 9.92. The van der Waals surface area contributed by atoms with Gasteiger partial charge in [-0.25, -0.2) is 4.79 Å². The highest BCUT2D eigenvalue weighted by molar-refractivity contribution is 6.30. The molecule has 1 N–H and O–H groups in total. The second kappa shape index (κ2) is 8.23. The number of rotatable bonds is 5. The number of halogens is 1. The summed E-state index contributed by atoms with van der Waals surface area (Å²) in [4.78, 5) is 41.6. The van der Waals surface area contributed by atoms with Crippen molar-refractivity contribution in [1.29, 1.82) is 0 Å². The Labute approximate surface area is 185 Å². The van der Waals surface area contributed by atoms with Crippen molar-refractivity contribution >= 4 is 29.4 Å². The van der Waals surface area contributed by atoms with Gasteiger partial charge in [-0.3, -0.25) is 14.5 Å². The van der Waals surface area contributed by atoms with Crippen molar-refractivity contribution in [2.45, 2.75) is 31.3 Å². The van der Waals surface area contributed by atoms with Crippen molar-refractivity contribution in [2.24, 2.45) is 0 Å². The molecule has 2 aromatic carbocycles. The number of ether oxygens (including phenoxy) is 1. The smallest absolute Gasteiger partial charge is 0.325 e. The third kappa shape index (κ3) is 3.85. The van der Waals surface area contributed by atoms with E-state index in [1.54, 1.807) is 55.3 Å². The Morgan fingerprint density at radius 1 is 1.16 bits per heavy atom. The van der Waals surface area contributed by atoms with E-state index >= 15 is 0 Å². The van der Waals surface area contributed by atoms with E-state index in [1.807, 2.05) is 12.1 Å². The Bertz CT molecular complexity index is 1010. The first kappa shape index (κ1) is 21.2. The predicted octanol–water partition coefficient (Wildman–Crippen LogP) is 3.48. The van der Waals surface area contributed by atoms with E-state index in [0.717, 1.165) is 23.3 Å². The van der Waals surface area contributed by atoms with Crippen molar-refractivity contribution < 1.29 is 19.1 Å². The van der Waals surface area contributed by atoms with E-state index in [-0.39, 0.29) is 18.5 Å². The fourth-order valence-corrected chi connectivity index (χ4v) is 4.41. The van der Waals surface area contributed by atoms with E-state index in [9.17, 15) is 14.4 Å². The molecule has 2 aliphatic heterocycles. The average Bonchev–Trinajstić information content (AvgIpc) is 3.34. The summed E-state index contributed by atoms with van der Waals surface area (Å²) in [5, 5.41) is 3.38. The van der Waals surface area contributed by atoms with Gasteiger partial charge in [-0.15, -0.1) is 0 Å². The van der Waals surface area contributed by atoms with Gasteiger partial charge >= 0.3 is 6.03 Å². The molecule has 0 bridgehead atoms. The lowest BCUT2D eigenvalue weighted by Gasteiger charge is -2.27. The van der Waals surface area contributed by atoms with Gasteiger partial charge in [0.25, 0.3) is 5.91 Å². The Morgan fingerprint density at radius 2 is 1.84 bits per heavy atom. The first-order chi connectivity index (χ1) is 14.8. The summed E-state index contributed by atoms with van der Waals surface area (Å²) in [7, 11) is 1.56. The van der Waals surface area contributed by atoms with Crippen LogP contribution in [0.25, 0.3) is 0 Å². The molecular formula is C23H24ClN3O4. The van der Waals surface area contributed by atoms with Gasteiger partial charge in [-0.05, 0) is 55.2 Å². The zero-order valence-electron chi connectivity index (χ0n) is 17.4. The van der Waals surface area contributed by atoms with E-state index in [2.05, 4.69) is 5.32 Å². The van der Waals surface area contributed by atoms with E-state index < -0.39 is 17.5 Å². The van der Waals surface area contributed by atoms with Crippen molar-refractivity contribution in [3.05, 3.63) is 64.7 Å². The van der Waals surface area contributed by atoms with Gasteiger partial charge in [-0.2, -0.15) is 0 Å². The number of carbonyl (C=O) groups excluding carboxylic acids is 3. The highest BCUT2D eigenvalue weighted by Gasteiger charge is 2.50. The molecular weight excluding hydrogens is 418 g/mol. The quantitative estimate of drug-likeness (QED) is 0.720. The SMILES string of the molecule is COc1ccc(C2(C)NC(=O)N(CC(=O)N3CCCC3c3ccc(Cl)cc3)C2=O)cc1. The van der Waals surface area contributed by atoms with Gasteiger partial charge in [0.05, 0.1) is 13.2 Å². The number of nitrogens with zero attached hydrogens (tertiary/aromatic N) is 2. The molecule has 0 spiro atoms. The number of benzene rings is 2. The fraction of sp³-hybridized carbons (Fsp3) is 0.348. The summed E-state index contributed by atoms with van der Waals surface area (Å²) in [5.41, 5.74) is 0.391. The first-order valence-electron chi connectivity index (χ1n) is 10.2. The second-order valence-electron chi connectivity index (χ2n) is 7.97. The van der Waals surface area contributed by atoms with Crippen molar-refractivity contribution in [3.63, 3.8) is 0 Å². The lowest BCUT2D eigenvalue weighted by molar-refractivity contribution is -0.139. The van der Waals surface area contributed by atoms with Crippen molar-refractivity contribution in [1.82, 2.24) is 15.1 Å². The third-order valence-corrected chi connectivity index (χ3v) is 6.32. The molecule has 31 heavy (non-hydrogen) atoms. The van der Waals surface area contributed by atoms with Crippen LogP contribution in [0.4, 0.5) is 4.79 Å². The van der Waals surface area contributed by atoms with Crippen LogP contribution in [0.5, 0.6) is 5.75 Å². The molecule has 2 unspecified atom stereocenters. The van der Waals surface area contributed by atoms with Crippen LogP contribution >= 0.6 is 11.6 Å². The van der Waals surface area contributed by atoms with E-state index in [0.29, 0.717) is 22.9 Å². The number of methoxy groups -OCH3 is 1. The normalized spacial score (nSPS) is 23.3. The molecule has 0 aliphatic carbocycles. The summed E-state index contributed by atoms with van der Waals surface area (Å²) >= 11 is 5.98. The number of likely N-dealkylation sites (tertiary alicyclic amines) is 1. The topological polar surface area (TPSA) is 79.0 Å². The molecule has 2 aromatic rings. The van der Waals surface area contributed by atoms with Crippen LogP contribution in [0.15, 0.2) is 48.5 Å². The fourth-order valence-electron chi connectivity index (χ4n) is 4.28. The minimum atomic E-state index is -1.23. The molecule has 2 atom stereocenters. The summed E-state index contributed by atoms with van der Waals surface area (Å²) in [6, 6.07) is 13.7. The summed E-state index contributed by atoms with van der Waals surface area (Å²) in [5.74, 6) is -0.0448. The number of amides is 4. The maximum Gasteiger partial charge on any atom is 0.325 e. The Kier molecular flexibility index (Phi) is 5.62. The minimum absolute atomic E-state index is 0.0847. The molecule has 4 rings (SSSR count). The molecule has 4 amide bonds. The van der Waals surface area contributed by atoms with Gasteiger partial charge in [0.15, 0.2) is 0 Å². The number of nitrogens with one attached hydrogen (secondary N) is 1. The molecule has 0 aromatic heterocycles. The van der Waals surface area contributed by atoms with Gasteiger partial charge in [0.2, 0.25) is 5.91 Å². The number of imide groups is 1. The van der Waals surface area contributed by atoms with Crippen LogP contribution in [0.3, 0.4) is 0 Å². The Balaban J connectivity index is 1.50. The van der Waals surface area contributed by atoms with Crippen LogP contribution in [-0.2, 0) is 15.1 Å². The number of urea groups is 1. The second-order valence-corrected chi connectivity index (χ2v) is 8.41. The zero-order valence-corrected chi connectivity index (χ0v) is 18.2.